The Kier molecular flexibility index (Phi) is 4.24. The monoisotopic (exact) mass is 318 g/mol. The SMILES string of the molecule is Nc1ncc(Cl)cc1C(O)c1cccc(OC(F)(F)F)c1. The lowest BCUT2D eigenvalue weighted by Gasteiger charge is -2.15. The van der Waals surface area contributed by atoms with Crippen LogP contribution in [-0.2, 0) is 0 Å². The van der Waals surface area contributed by atoms with Gasteiger partial charge in [0.2, 0.25) is 0 Å². The first-order valence-corrected chi connectivity index (χ1v) is 6.09. The van der Waals surface area contributed by atoms with Gasteiger partial charge in [-0.1, -0.05) is 23.7 Å². The number of hydrogen-bond acceptors (Lipinski definition) is 4. The zero-order valence-corrected chi connectivity index (χ0v) is 11.2. The van der Waals surface area contributed by atoms with Gasteiger partial charge in [-0.05, 0) is 23.8 Å². The highest BCUT2D eigenvalue weighted by molar-refractivity contribution is 6.30. The molecule has 4 nitrogen and oxygen atoms in total. The first-order chi connectivity index (χ1) is 9.76. The van der Waals surface area contributed by atoms with Gasteiger partial charge in [0.1, 0.15) is 17.7 Å². The lowest BCUT2D eigenvalue weighted by Crippen LogP contribution is -2.17. The first kappa shape index (κ1) is 15.4. The average Bonchev–Trinajstić information content (AvgIpc) is 2.39. The van der Waals surface area contributed by atoms with Gasteiger partial charge in [0.25, 0.3) is 0 Å². The van der Waals surface area contributed by atoms with Gasteiger partial charge in [-0.2, -0.15) is 0 Å². The van der Waals surface area contributed by atoms with Gasteiger partial charge >= 0.3 is 6.36 Å². The van der Waals surface area contributed by atoms with E-state index >= 15 is 0 Å². The second-order valence-corrected chi connectivity index (χ2v) is 4.59. The molecular formula is C13H10ClF3N2O2. The summed E-state index contributed by atoms with van der Waals surface area (Å²) < 4.78 is 40.3. The van der Waals surface area contributed by atoms with Crippen LogP contribution in [0.4, 0.5) is 19.0 Å². The van der Waals surface area contributed by atoms with E-state index in [4.69, 9.17) is 17.3 Å². The van der Waals surface area contributed by atoms with Crippen LogP contribution in [0.25, 0.3) is 0 Å². The molecule has 0 spiro atoms. The maximum absolute atomic E-state index is 12.2. The number of nitrogens with two attached hydrogens (primary N) is 1. The Balaban J connectivity index is 2.33. The quantitative estimate of drug-likeness (QED) is 0.911. The fraction of sp³-hybridized carbons (Fsp3) is 0.154. The summed E-state index contributed by atoms with van der Waals surface area (Å²) in [4.78, 5) is 3.78. The number of nitrogen functional groups attached to an aromatic ring is 1. The third kappa shape index (κ3) is 3.99. The van der Waals surface area contributed by atoms with Crippen LogP contribution < -0.4 is 10.5 Å². The summed E-state index contributed by atoms with van der Waals surface area (Å²) in [5, 5.41) is 10.5. The van der Waals surface area contributed by atoms with Gasteiger partial charge in [0.05, 0.1) is 5.02 Å². The largest absolute Gasteiger partial charge is 0.573 e. The van der Waals surface area contributed by atoms with Crippen LogP contribution >= 0.6 is 11.6 Å². The molecule has 0 fully saturated rings. The smallest absolute Gasteiger partial charge is 0.406 e. The van der Waals surface area contributed by atoms with Crippen molar-refractivity contribution in [2.75, 3.05) is 5.73 Å². The predicted octanol–water partition coefficient (Wildman–Crippen LogP) is 3.30. The van der Waals surface area contributed by atoms with Crippen LogP contribution in [0.3, 0.4) is 0 Å². The molecule has 0 aliphatic carbocycles. The van der Waals surface area contributed by atoms with Crippen LogP contribution in [0.1, 0.15) is 17.2 Å². The lowest BCUT2D eigenvalue weighted by atomic mass is 10.0. The van der Waals surface area contributed by atoms with E-state index in [1.54, 1.807) is 0 Å². The van der Waals surface area contributed by atoms with Crippen LogP contribution in [0.15, 0.2) is 36.5 Å². The molecule has 0 aliphatic heterocycles. The summed E-state index contributed by atoms with van der Waals surface area (Å²) >= 11 is 5.76. The zero-order valence-electron chi connectivity index (χ0n) is 10.4. The number of pyridine rings is 1. The molecule has 1 heterocycles. The number of aromatic nitrogens is 1. The molecule has 0 saturated carbocycles. The van der Waals surface area contributed by atoms with E-state index in [-0.39, 0.29) is 22.0 Å². The highest BCUT2D eigenvalue weighted by atomic mass is 35.5. The molecule has 1 atom stereocenters. The normalized spacial score (nSPS) is 13.0. The van der Waals surface area contributed by atoms with E-state index in [1.807, 2.05) is 0 Å². The van der Waals surface area contributed by atoms with Crippen molar-refractivity contribution in [2.24, 2.45) is 0 Å². The van der Waals surface area contributed by atoms with Crippen molar-refractivity contribution >= 4 is 17.4 Å². The van der Waals surface area contributed by atoms with Crippen LogP contribution in [0.2, 0.25) is 5.02 Å². The summed E-state index contributed by atoms with van der Waals surface area (Å²) in [5.74, 6) is -0.401. The van der Waals surface area contributed by atoms with Gasteiger partial charge in [-0.15, -0.1) is 13.2 Å². The van der Waals surface area contributed by atoms with E-state index in [9.17, 15) is 18.3 Å². The molecule has 1 aromatic carbocycles. The van der Waals surface area contributed by atoms with Gasteiger partial charge < -0.3 is 15.6 Å². The second kappa shape index (κ2) is 5.79. The number of ether oxygens (including phenoxy) is 1. The minimum absolute atomic E-state index is 0.0362. The molecule has 0 bridgehead atoms. The maximum Gasteiger partial charge on any atom is 0.573 e. The molecule has 21 heavy (non-hydrogen) atoms. The molecule has 2 aromatic rings. The number of nitrogens with zero attached hydrogens (tertiary/aromatic N) is 1. The first-order valence-electron chi connectivity index (χ1n) is 5.71. The molecule has 0 saturated heterocycles. The number of halogens is 4. The summed E-state index contributed by atoms with van der Waals surface area (Å²) in [6.45, 7) is 0. The summed E-state index contributed by atoms with van der Waals surface area (Å²) in [6, 6.07) is 6.36. The molecule has 0 radical (unpaired) electrons. The number of aliphatic hydroxyl groups is 1. The fourth-order valence-electron chi connectivity index (χ4n) is 1.75. The van der Waals surface area contributed by atoms with Crippen LogP contribution in [0.5, 0.6) is 5.75 Å². The Hall–Kier alpha value is -1.99. The number of benzene rings is 1. The molecule has 0 aliphatic rings. The Bertz CT molecular complexity index is 650. The topological polar surface area (TPSA) is 68.4 Å². The second-order valence-electron chi connectivity index (χ2n) is 4.15. The van der Waals surface area contributed by atoms with Crippen molar-refractivity contribution < 1.29 is 23.0 Å². The summed E-state index contributed by atoms with van der Waals surface area (Å²) in [6.07, 6.45) is -4.77. The lowest BCUT2D eigenvalue weighted by molar-refractivity contribution is -0.274. The average molecular weight is 319 g/mol. The van der Waals surface area contributed by atoms with Crippen LogP contribution in [0, 0.1) is 0 Å². The molecule has 1 aromatic heterocycles. The van der Waals surface area contributed by atoms with Gasteiger partial charge in [0.15, 0.2) is 0 Å². The van der Waals surface area contributed by atoms with Crippen molar-refractivity contribution in [3.8, 4) is 5.75 Å². The fourth-order valence-corrected chi connectivity index (χ4v) is 1.91. The van der Waals surface area contributed by atoms with E-state index in [0.29, 0.717) is 0 Å². The molecule has 0 amide bonds. The third-order valence-corrected chi connectivity index (χ3v) is 2.82. The molecule has 8 heteroatoms. The molecule has 2 rings (SSSR count). The Morgan fingerprint density at radius 1 is 1.29 bits per heavy atom. The van der Waals surface area contributed by atoms with Crippen molar-refractivity contribution in [2.45, 2.75) is 12.5 Å². The summed E-state index contributed by atoms with van der Waals surface area (Å²) in [7, 11) is 0. The third-order valence-electron chi connectivity index (χ3n) is 2.62. The van der Waals surface area contributed by atoms with E-state index in [0.717, 1.165) is 12.1 Å². The number of aliphatic hydroxyl groups excluding tert-OH is 1. The molecule has 112 valence electrons. The highest BCUT2D eigenvalue weighted by Gasteiger charge is 2.31. The molecule has 1 unspecified atom stereocenters. The minimum Gasteiger partial charge on any atom is -0.406 e. The standard InChI is InChI=1S/C13H10ClF3N2O2/c14-8-5-10(12(18)19-6-8)11(20)7-2-1-3-9(4-7)21-13(15,16)17/h1-6,11,20H,(H2,18,19). The molecular weight excluding hydrogens is 309 g/mol. The number of anilines is 1. The molecule has 3 N–H and O–H groups in total. The Labute approximate surface area is 122 Å². The van der Waals surface area contributed by atoms with Gasteiger partial charge in [-0.3, -0.25) is 0 Å². The Morgan fingerprint density at radius 3 is 2.67 bits per heavy atom. The number of alkyl halides is 3. The summed E-state index contributed by atoms with van der Waals surface area (Å²) in [5.41, 5.74) is 6.00. The van der Waals surface area contributed by atoms with E-state index in [2.05, 4.69) is 9.72 Å². The minimum atomic E-state index is -4.81. The number of rotatable bonds is 3. The van der Waals surface area contributed by atoms with Crippen molar-refractivity contribution in [3.63, 3.8) is 0 Å². The Morgan fingerprint density at radius 2 is 2.00 bits per heavy atom. The maximum atomic E-state index is 12.2. The van der Waals surface area contributed by atoms with E-state index in [1.165, 1.54) is 24.4 Å². The van der Waals surface area contributed by atoms with E-state index < -0.39 is 18.2 Å². The van der Waals surface area contributed by atoms with Crippen molar-refractivity contribution in [3.05, 3.63) is 52.7 Å². The van der Waals surface area contributed by atoms with Crippen molar-refractivity contribution in [1.82, 2.24) is 4.98 Å². The highest BCUT2D eigenvalue weighted by Crippen LogP contribution is 2.31. The van der Waals surface area contributed by atoms with Crippen molar-refractivity contribution in [1.29, 1.82) is 0 Å². The zero-order chi connectivity index (χ0) is 15.6. The van der Waals surface area contributed by atoms with Gasteiger partial charge in [0, 0.05) is 11.8 Å². The van der Waals surface area contributed by atoms with Gasteiger partial charge in [-0.25, -0.2) is 4.98 Å². The van der Waals surface area contributed by atoms with Crippen LogP contribution in [-0.4, -0.2) is 16.5 Å². The number of hydrogen-bond donors (Lipinski definition) is 2. The predicted molar refractivity (Wildman–Crippen MR) is 70.8 cm³/mol.